The van der Waals surface area contributed by atoms with E-state index < -0.39 is 16.9 Å². The van der Waals surface area contributed by atoms with Crippen LogP contribution in [0.2, 0.25) is 0 Å². The van der Waals surface area contributed by atoms with Crippen LogP contribution in [0.4, 0.5) is 13.2 Å². The molecule has 0 spiro atoms. The molecular weight excluding hydrogens is 291 g/mol. The zero-order valence-electron chi connectivity index (χ0n) is 10.2. The van der Waals surface area contributed by atoms with Crippen molar-refractivity contribution in [3.63, 3.8) is 0 Å². The molecule has 1 atom stereocenters. The molecule has 1 unspecified atom stereocenters. The van der Waals surface area contributed by atoms with Crippen molar-refractivity contribution in [2.75, 3.05) is 0 Å². The van der Waals surface area contributed by atoms with E-state index in [2.05, 4.69) is 15.8 Å². The summed E-state index contributed by atoms with van der Waals surface area (Å²) in [5, 5.41) is 5.99. The highest BCUT2D eigenvalue weighted by atomic mass is 35.5. The van der Waals surface area contributed by atoms with Crippen molar-refractivity contribution in [3.8, 4) is 0 Å². The van der Waals surface area contributed by atoms with Crippen LogP contribution in [0.25, 0.3) is 0 Å². The summed E-state index contributed by atoms with van der Waals surface area (Å²) in [6, 6.07) is 7.73. The Kier molecular flexibility index (Phi) is 3.12. The van der Waals surface area contributed by atoms with Crippen molar-refractivity contribution < 1.29 is 13.2 Å². The lowest BCUT2D eigenvalue weighted by molar-refractivity contribution is -0.0966. The standard InChI is InChI=1S/C13H10ClF3N3/c14-10-11(13(15,16)17)19-20-12(10)18-9-6-5-7-3-1-2-4-8(7)9/h1-4,9H,5-6H2,(H,18,20). The molecule has 1 heterocycles. The number of hydrogen-bond donors (Lipinski definition) is 1. The average molecular weight is 301 g/mol. The Morgan fingerprint density at radius 1 is 1.25 bits per heavy atom. The zero-order chi connectivity index (χ0) is 14.3. The van der Waals surface area contributed by atoms with Gasteiger partial charge in [-0.25, -0.2) is 0 Å². The summed E-state index contributed by atoms with van der Waals surface area (Å²) in [4.78, 5) is 0. The Morgan fingerprint density at radius 2 is 2.00 bits per heavy atom. The number of fused-ring (bicyclic) bond motifs is 1. The molecule has 3 nitrogen and oxygen atoms in total. The maximum Gasteiger partial charge on any atom is 0.436 e. The molecule has 0 saturated carbocycles. The number of benzene rings is 1. The molecule has 1 aromatic carbocycles. The van der Waals surface area contributed by atoms with Gasteiger partial charge in [-0.2, -0.15) is 13.2 Å². The minimum absolute atomic E-state index is 0.0132. The third-order valence-corrected chi connectivity index (χ3v) is 3.74. The molecule has 0 amide bonds. The molecule has 0 fully saturated rings. The first-order chi connectivity index (χ1) is 9.47. The second-order valence-electron chi connectivity index (χ2n) is 4.64. The van der Waals surface area contributed by atoms with Gasteiger partial charge in [0.25, 0.3) is 0 Å². The monoisotopic (exact) mass is 300 g/mol. The van der Waals surface area contributed by atoms with E-state index in [1.165, 1.54) is 5.56 Å². The normalized spacial score (nSPS) is 21.6. The molecule has 7 heteroatoms. The third kappa shape index (κ3) is 2.24. The highest BCUT2D eigenvalue weighted by Gasteiger charge is 2.42. The van der Waals surface area contributed by atoms with E-state index in [9.17, 15) is 13.2 Å². The maximum atomic E-state index is 12.6. The fourth-order valence-corrected chi connectivity index (χ4v) is 2.68. The van der Waals surface area contributed by atoms with E-state index in [1.807, 2.05) is 24.3 Å². The Balaban J connectivity index is 1.80. The van der Waals surface area contributed by atoms with Crippen LogP contribution in [-0.2, 0) is 6.42 Å². The lowest BCUT2D eigenvalue weighted by atomic mass is 10.1. The SMILES string of the molecule is FC(F)(F)C1=C(Cl)C(NC2CCc3ccccc32)=N[N]1. The molecular formula is C13H10ClF3N3. The van der Waals surface area contributed by atoms with Crippen molar-refractivity contribution in [2.45, 2.75) is 25.1 Å². The van der Waals surface area contributed by atoms with E-state index in [-0.39, 0.29) is 11.9 Å². The number of allylic oxidation sites excluding steroid dienone is 1. The van der Waals surface area contributed by atoms with Gasteiger partial charge in [0.1, 0.15) is 5.03 Å². The maximum absolute atomic E-state index is 12.6. The van der Waals surface area contributed by atoms with Crippen molar-refractivity contribution >= 4 is 17.4 Å². The van der Waals surface area contributed by atoms with Gasteiger partial charge in [0.15, 0.2) is 11.5 Å². The Hall–Kier alpha value is -1.69. The highest BCUT2D eigenvalue weighted by molar-refractivity contribution is 6.44. The van der Waals surface area contributed by atoms with Gasteiger partial charge in [-0.1, -0.05) is 35.9 Å². The Labute approximate surface area is 118 Å². The number of alkyl halides is 3. The number of nitrogens with zero attached hydrogens (tertiary/aromatic N) is 2. The Morgan fingerprint density at radius 3 is 2.70 bits per heavy atom. The second kappa shape index (κ2) is 4.70. The predicted molar refractivity (Wildman–Crippen MR) is 69.1 cm³/mol. The summed E-state index contributed by atoms with van der Waals surface area (Å²) in [7, 11) is 0. The number of nitrogens with one attached hydrogen (secondary N) is 1. The molecule has 1 N–H and O–H groups in total. The molecule has 105 valence electrons. The highest BCUT2D eigenvalue weighted by Crippen LogP contribution is 2.34. The smallest absolute Gasteiger partial charge is 0.360 e. The molecule has 1 aromatic rings. The summed E-state index contributed by atoms with van der Waals surface area (Å²) >= 11 is 5.71. The van der Waals surface area contributed by atoms with Gasteiger partial charge in [-0.05, 0) is 24.0 Å². The number of hydrogen-bond acceptors (Lipinski definition) is 2. The minimum Gasteiger partial charge on any atom is -0.360 e. The van der Waals surface area contributed by atoms with E-state index in [0.29, 0.717) is 0 Å². The van der Waals surface area contributed by atoms with Gasteiger partial charge in [0.2, 0.25) is 0 Å². The number of amidine groups is 1. The molecule has 3 rings (SSSR count). The first-order valence-electron chi connectivity index (χ1n) is 6.07. The van der Waals surface area contributed by atoms with Gasteiger partial charge in [0, 0.05) is 0 Å². The van der Waals surface area contributed by atoms with Gasteiger partial charge in [-0.15, -0.1) is 10.5 Å². The molecule has 0 bridgehead atoms. The van der Waals surface area contributed by atoms with Crippen LogP contribution in [0.3, 0.4) is 0 Å². The van der Waals surface area contributed by atoms with Crippen LogP contribution in [0.5, 0.6) is 0 Å². The number of rotatable bonds is 1. The van der Waals surface area contributed by atoms with Gasteiger partial charge >= 0.3 is 6.18 Å². The van der Waals surface area contributed by atoms with Crippen LogP contribution in [-0.4, -0.2) is 12.0 Å². The molecule has 20 heavy (non-hydrogen) atoms. The molecule has 1 radical (unpaired) electrons. The summed E-state index contributed by atoms with van der Waals surface area (Å²) < 4.78 is 37.8. The minimum atomic E-state index is -4.59. The first-order valence-corrected chi connectivity index (χ1v) is 6.45. The van der Waals surface area contributed by atoms with Gasteiger partial charge < -0.3 is 5.32 Å². The summed E-state index contributed by atoms with van der Waals surface area (Å²) in [5.41, 5.74) is 4.23. The van der Waals surface area contributed by atoms with Gasteiger partial charge in [-0.3, -0.25) is 0 Å². The quantitative estimate of drug-likeness (QED) is 0.850. The molecule has 1 aliphatic carbocycles. The predicted octanol–water partition coefficient (Wildman–Crippen LogP) is 3.21. The lowest BCUT2D eigenvalue weighted by Gasteiger charge is -2.14. The van der Waals surface area contributed by atoms with Gasteiger partial charge in [0.05, 0.1) is 6.04 Å². The molecule has 2 aliphatic rings. The zero-order valence-corrected chi connectivity index (χ0v) is 11.0. The lowest BCUT2D eigenvalue weighted by Crippen LogP contribution is -2.27. The summed E-state index contributed by atoms with van der Waals surface area (Å²) in [6.07, 6.45) is -2.91. The van der Waals surface area contributed by atoms with Crippen LogP contribution < -0.4 is 10.7 Å². The van der Waals surface area contributed by atoms with Crippen LogP contribution in [0.1, 0.15) is 23.6 Å². The third-order valence-electron chi connectivity index (χ3n) is 3.38. The number of aryl methyl sites for hydroxylation is 1. The van der Waals surface area contributed by atoms with E-state index in [1.54, 1.807) is 0 Å². The van der Waals surface area contributed by atoms with Crippen molar-refractivity contribution in [2.24, 2.45) is 5.10 Å². The van der Waals surface area contributed by atoms with Crippen molar-refractivity contribution in [3.05, 3.63) is 46.1 Å². The topological polar surface area (TPSA) is 38.5 Å². The van der Waals surface area contributed by atoms with Crippen molar-refractivity contribution in [1.29, 1.82) is 0 Å². The second-order valence-corrected chi connectivity index (χ2v) is 5.02. The molecule has 0 aromatic heterocycles. The Bertz CT molecular complexity index is 607. The fraction of sp³-hybridized carbons (Fsp3) is 0.308. The van der Waals surface area contributed by atoms with E-state index in [0.717, 1.165) is 18.4 Å². The van der Waals surface area contributed by atoms with E-state index in [4.69, 9.17) is 11.6 Å². The van der Waals surface area contributed by atoms with Crippen LogP contribution in [0, 0.1) is 0 Å². The van der Waals surface area contributed by atoms with Crippen molar-refractivity contribution in [1.82, 2.24) is 10.7 Å². The number of halogens is 4. The fourth-order valence-electron chi connectivity index (χ4n) is 2.45. The average Bonchev–Trinajstić information content (AvgIpc) is 2.95. The van der Waals surface area contributed by atoms with E-state index >= 15 is 0 Å². The van der Waals surface area contributed by atoms with Crippen LogP contribution >= 0.6 is 11.6 Å². The summed E-state index contributed by atoms with van der Waals surface area (Å²) in [5.74, 6) is -0.0132. The molecule has 1 aliphatic heterocycles. The molecule has 0 saturated heterocycles. The van der Waals surface area contributed by atoms with Crippen LogP contribution in [0.15, 0.2) is 40.1 Å². The largest absolute Gasteiger partial charge is 0.436 e. The summed E-state index contributed by atoms with van der Waals surface area (Å²) in [6.45, 7) is 0. The first kappa shape index (κ1) is 13.3.